The first kappa shape index (κ1) is 46.6. The predicted molar refractivity (Wildman–Crippen MR) is 324 cm³/mol. The second kappa shape index (κ2) is 18.1. The van der Waals surface area contributed by atoms with Gasteiger partial charge in [-0.15, -0.1) is 0 Å². The lowest BCUT2D eigenvalue weighted by Crippen LogP contribution is -2.62. The van der Waals surface area contributed by atoms with Gasteiger partial charge in [0.15, 0.2) is 0 Å². The van der Waals surface area contributed by atoms with Crippen LogP contribution in [0.5, 0.6) is 0 Å². The third-order valence-electron chi connectivity index (χ3n) is 21.2. The molecule has 5 aliphatic carbocycles. The molecule has 0 N–H and O–H groups in total. The van der Waals surface area contributed by atoms with Gasteiger partial charge in [-0.2, -0.15) is 0 Å². The molecule has 2 atom stereocenters. The number of hydrogen-bond donors (Lipinski definition) is 0. The molecule has 5 heteroatoms. The third kappa shape index (κ3) is 7.23. The van der Waals surface area contributed by atoms with Crippen LogP contribution in [0.25, 0.3) is 22.3 Å². The summed E-state index contributed by atoms with van der Waals surface area (Å²) in [4.78, 5) is 8.48. The van der Waals surface area contributed by atoms with Crippen molar-refractivity contribution in [1.82, 2.24) is 0 Å². The smallest absolute Gasteiger partial charge is 0.252 e. The highest BCUT2D eigenvalue weighted by Crippen LogP contribution is 2.62. The summed E-state index contributed by atoms with van der Waals surface area (Å²) in [6.45, 7) is 5.35. The highest BCUT2D eigenvalue weighted by atomic mass is 16.3. The molecule has 0 spiro atoms. The average Bonchev–Trinajstić information content (AvgIpc) is 3.79. The quantitative estimate of drug-likeness (QED) is 0.129. The summed E-state index contributed by atoms with van der Waals surface area (Å²) in [7, 11) is 0. The van der Waals surface area contributed by atoms with E-state index in [1.165, 1.54) is 189 Å². The standard InChI is InChI=1S/C72H74BN3O/c1-71-35-17-18-36-72(71,2)76(63-34-31-56(39-60(63)71)69-44-55-27-15-16-28-68(55)77-69)59-45-66-70-67(46-59)75(58-33-30-48-20-8-4-10-22-50(48)38-58)65-43-54-26-14-6-12-24-52(54)41-62(65)73(70)61-40-51-23-11-5-13-25-53(51)42-64(61)74(66)57-32-29-47-19-7-3-9-21-49(47)37-57/h15-16,27-34,37-46H,3-14,17-26,35-36H2,1-2H3. The molecule has 8 aromatic rings. The highest BCUT2D eigenvalue weighted by Gasteiger charge is 2.58. The second-order valence-corrected chi connectivity index (χ2v) is 25.5. The minimum Gasteiger partial charge on any atom is -0.456 e. The van der Waals surface area contributed by atoms with Gasteiger partial charge in [-0.1, -0.05) is 87.9 Å². The summed E-state index contributed by atoms with van der Waals surface area (Å²) in [5, 5.41) is 1.16. The SMILES string of the molecule is CC12CCCCC1(C)N(c1cc3c4c(c1)N(c1ccc5c(c1)CCCCC5)c1cc5c(cc1B4c1cc4c(cc1N3c1ccc3c(c1)CCCCC3)CCCCC4)CCCCC5)c1ccc(-c3cc4ccccc4o3)cc12. The van der Waals surface area contributed by atoms with Crippen LogP contribution in [0.15, 0.2) is 126 Å². The normalized spacial score (nSPS) is 22.2. The molecule has 1 aromatic heterocycles. The first-order valence-electron chi connectivity index (χ1n) is 30.7. The van der Waals surface area contributed by atoms with Crippen molar-refractivity contribution in [2.75, 3.05) is 14.7 Å². The van der Waals surface area contributed by atoms with Crippen molar-refractivity contribution >= 4 is 79.6 Å². The Hall–Kier alpha value is -6.46. The number of aryl methyl sites for hydroxylation is 8. The summed E-state index contributed by atoms with van der Waals surface area (Å²) in [5.74, 6) is 0.957. The van der Waals surface area contributed by atoms with E-state index in [0.29, 0.717) is 0 Å². The topological polar surface area (TPSA) is 22.9 Å². The van der Waals surface area contributed by atoms with Crippen molar-refractivity contribution in [1.29, 1.82) is 0 Å². The molecule has 4 nitrogen and oxygen atoms in total. The van der Waals surface area contributed by atoms with Crippen LogP contribution in [0.2, 0.25) is 0 Å². The van der Waals surface area contributed by atoms with E-state index in [9.17, 15) is 0 Å². The van der Waals surface area contributed by atoms with E-state index in [2.05, 4.69) is 150 Å². The van der Waals surface area contributed by atoms with Crippen LogP contribution in [-0.2, 0) is 56.8 Å². The van der Waals surface area contributed by atoms with Gasteiger partial charge in [-0.25, -0.2) is 0 Å². The summed E-state index contributed by atoms with van der Waals surface area (Å²) >= 11 is 0. The number of rotatable bonds is 4. The molecule has 1 saturated carbocycles. The number of benzene rings is 7. The van der Waals surface area contributed by atoms with Crippen molar-refractivity contribution < 1.29 is 4.42 Å². The molecule has 1 fully saturated rings. The maximum Gasteiger partial charge on any atom is 0.252 e. The zero-order valence-electron chi connectivity index (χ0n) is 45.8. The minimum absolute atomic E-state index is 0.0694. The Morgan fingerprint density at radius 3 is 1.47 bits per heavy atom. The monoisotopic (exact) mass is 1010 g/mol. The Bertz CT molecular complexity index is 3520. The van der Waals surface area contributed by atoms with E-state index in [1.54, 1.807) is 44.5 Å². The molecular weight excluding hydrogens is 934 g/mol. The van der Waals surface area contributed by atoms with Gasteiger partial charge in [0.05, 0.1) is 5.54 Å². The molecule has 2 unspecified atom stereocenters. The predicted octanol–water partition coefficient (Wildman–Crippen LogP) is 17.0. The number of para-hydroxylation sites is 1. The fourth-order valence-electron chi connectivity index (χ4n) is 17.0. The maximum atomic E-state index is 6.64. The highest BCUT2D eigenvalue weighted by molar-refractivity contribution is 7.00. The molecule has 386 valence electrons. The van der Waals surface area contributed by atoms with Crippen LogP contribution < -0.4 is 31.1 Å². The Morgan fingerprint density at radius 2 is 0.909 bits per heavy atom. The molecule has 0 saturated heterocycles. The number of nitrogens with zero attached hydrogens (tertiary/aromatic N) is 3. The van der Waals surface area contributed by atoms with E-state index in [-0.39, 0.29) is 17.7 Å². The van der Waals surface area contributed by atoms with Crippen molar-refractivity contribution in [3.05, 3.63) is 171 Å². The van der Waals surface area contributed by atoms with Gasteiger partial charge in [-0.3, -0.25) is 0 Å². The van der Waals surface area contributed by atoms with Gasteiger partial charge in [0.2, 0.25) is 0 Å². The summed E-state index contributed by atoms with van der Waals surface area (Å²) in [5.41, 5.74) is 31.3. The Balaban J connectivity index is 0.995. The number of fused-ring (bicyclic) bond motifs is 12. The number of anilines is 8. The fourth-order valence-corrected chi connectivity index (χ4v) is 17.0. The van der Waals surface area contributed by atoms with Crippen molar-refractivity contribution in [2.24, 2.45) is 0 Å². The van der Waals surface area contributed by atoms with Crippen LogP contribution in [0, 0.1) is 0 Å². The van der Waals surface area contributed by atoms with Gasteiger partial charge in [-0.05, 0) is 268 Å². The van der Waals surface area contributed by atoms with Crippen LogP contribution >= 0.6 is 0 Å². The van der Waals surface area contributed by atoms with Gasteiger partial charge in [0, 0.05) is 61.9 Å². The molecule has 0 radical (unpaired) electrons. The van der Waals surface area contributed by atoms with E-state index >= 15 is 0 Å². The third-order valence-corrected chi connectivity index (χ3v) is 21.2. The molecule has 16 rings (SSSR count). The molecule has 4 heterocycles. The average molecular weight is 1010 g/mol. The van der Waals surface area contributed by atoms with Gasteiger partial charge in [0.1, 0.15) is 11.3 Å². The van der Waals surface area contributed by atoms with Crippen LogP contribution in [0.3, 0.4) is 0 Å². The molecule has 0 amide bonds. The fraction of sp³-hybridized carbons (Fsp3) is 0.389. The summed E-state index contributed by atoms with van der Waals surface area (Å²) in [6.07, 6.45) is 29.6. The van der Waals surface area contributed by atoms with Crippen LogP contribution in [-0.4, -0.2) is 12.3 Å². The Kier molecular flexibility index (Phi) is 10.9. The van der Waals surface area contributed by atoms with Crippen molar-refractivity contribution in [2.45, 2.75) is 179 Å². The lowest BCUT2D eigenvalue weighted by atomic mass is 9.33. The number of furan rings is 1. The molecule has 7 aromatic carbocycles. The van der Waals surface area contributed by atoms with Crippen LogP contribution in [0.1, 0.15) is 167 Å². The van der Waals surface area contributed by atoms with Crippen molar-refractivity contribution in [3.63, 3.8) is 0 Å². The largest absolute Gasteiger partial charge is 0.456 e. The Labute approximate surface area is 458 Å². The zero-order valence-corrected chi connectivity index (χ0v) is 45.8. The maximum absolute atomic E-state index is 6.64. The van der Waals surface area contributed by atoms with E-state index in [4.69, 9.17) is 4.42 Å². The second-order valence-electron chi connectivity index (χ2n) is 25.5. The van der Waals surface area contributed by atoms with Crippen molar-refractivity contribution in [3.8, 4) is 11.3 Å². The van der Waals surface area contributed by atoms with Gasteiger partial charge < -0.3 is 19.1 Å². The summed E-state index contributed by atoms with van der Waals surface area (Å²) < 4.78 is 6.64. The van der Waals surface area contributed by atoms with E-state index < -0.39 is 0 Å². The molecule has 77 heavy (non-hydrogen) atoms. The van der Waals surface area contributed by atoms with Gasteiger partial charge >= 0.3 is 0 Å². The molecule has 0 bridgehead atoms. The number of hydrogen-bond acceptors (Lipinski definition) is 4. The molecule has 3 aliphatic heterocycles. The zero-order chi connectivity index (χ0) is 51.0. The van der Waals surface area contributed by atoms with Crippen LogP contribution in [0.4, 0.5) is 45.5 Å². The lowest BCUT2D eigenvalue weighted by molar-refractivity contribution is 0.195. The first-order chi connectivity index (χ1) is 37.9. The van der Waals surface area contributed by atoms with E-state index in [0.717, 1.165) is 55.3 Å². The molecular formula is C72H74BN3O. The Morgan fingerprint density at radius 1 is 0.403 bits per heavy atom. The van der Waals surface area contributed by atoms with Gasteiger partial charge in [0.25, 0.3) is 6.71 Å². The lowest BCUT2D eigenvalue weighted by Gasteiger charge is -2.51. The van der Waals surface area contributed by atoms with E-state index in [1.807, 2.05) is 0 Å². The summed E-state index contributed by atoms with van der Waals surface area (Å²) in [6, 6.07) is 49.8. The first-order valence-corrected chi connectivity index (χ1v) is 30.7. The molecule has 8 aliphatic rings. The minimum atomic E-state index is -0.155.